The zero-order valence-corrected chi connectivity index (χ0v) is 21.8. The van der Waals surface area contributed by atoms with Gasteiger partial charge in [-0.1, -0.05) is 24.3 Å². The first kappa shape index (κ1) is 26.9. The highest BCUT2D eigenvalue weighted by Gasteiger charge is 2.49. The molecule has 6 bridgehead atoms. The van der Waals surface area contributed by atoms with Gasteiger partial charge in [0.05, 0.1) is 18.9 Å². The SMILES string of the molecule is C=CC1C2OC=C(C(=O)OC)C1CC1NC(Cc3c1[nH]c1ccccc31)C(=O)OCC1OC(O2)C(O)C(O)C1O. The molecule has 12 nitrogen and oxygen atoms in total. The molecule has 0 saturated carbocycles. The standard InChI is InChI=1S/C28H32N2O10/c1-3-12-14-8-18-21-15(13-6-4-5-7-17(13)30-21)9-19(29-18)26(35)37-11-20-22(31)23(32)24(33)28(39-20)40-27(12)38-10-16(14)25(34)36-2/h3-7,10,12,14,18-20,22-24,27-33H,1,8-9,11H2,2H3. The number of methoxy groups -OCH3 is 1. The second kappa shape index (κ2) is 10.6. The van der Waals surface area contributed by atoms with Crippen LogP contribution in [0.25, 0.3) is 10.9 Å². The molecule has 5 N–H and O–H groups in total. The van der Waals surface area contributed by atoms with Crippen LogP contribution in [0.5, 0.6) is 0 Å². The fourth-order valence-corrected chi connectivity index (χ4v) is 6.20. The van der Waals surface area contributed by atoms with Gasteiger partial charge >= 0.3 is 11.9 Å². The number of aliphatic hydroxyl groups is 3. The number of H-pyrrole nitrogens is 1. The van der Waals surface area contributed by atoms with Gasteiger partial charge in [0.1, 0.15) is 37.1 Å². The molecule has 0 amide bonds. The number of fused-ring (bicyclic) bond motifs is 10. The molecule has 2 saturated heterocycles. The summed E-state index contributed by atoms with van der Waals surface area (Å²) in [6.45, 7) is 3.57. The number of para-hydroxylation sites is 1. The molecule has 10 unspecified atom stereocenters. The van der Waals surface area contributed by atoms with Crippen LogP contribution in [-0.2, 0) is 39.7 Å². The number of aromatic amines is 1. The molecule has 40 heavy (non-hydrogen) atoms. The van der Waals surface area contributed by atoms with Gasteiger partial charge in [-0.15, -0.1) is 6.58 Å². The van der Waals surface area contributed by atoms with Gasteiger partial charge in [-0.05, 0) is 18.1 Å². The lowest BCUT2D eigenvalue weighted by atomic mass is 9.77. The van der Waals surface area contributed by atoms with Crippen LogP contribution in [0.2, 0.25) is 0 Å². The summed E-state index contributed by atoms with van der Waals surface area (Å²) in [5.74, 6) is -2.33. The van der Waals surface area contributed by atoms with Crippen molar-refractivity contribution in [1.82, 2.24) is 10.3 Å². The fraction of sp³-hybridized carbons (Fsp3) is 0.500. The van der Waals surface area contributed by atoms with Crippen LogP contribution < -0.4 is 5.32 Å². The highest BCUT2D eigenvalue weighted by molar-refractivity contribution is 5.89. The van der Waals surface area contributed by atoms with Gasteiger partial charge in [-0.2, -0.15) is 0 Å². The lowest BCUT2D eigenvalue weighted by molar-refractivity contribution is -0.339. The van der Waals surface area contributed by atoms with Crippen molar-refractivity contribution in [2.45, 2.75) is 61.9 Å². The van der Waals surface area contributed by atoms with Crippen LogP contribution in [0.1, 0.15) is 23.7 Å². The third kappa shape index (κ3) is 4.50. The van der Waals surface area contributed by atoms with Gasteiger partial charge in [-0.3, -0.25) is 10.1 Å². The quantitative estimate of drug-likeness (QED) is 0.255. The summed E-state index contributed by atoms with van der Waals surface area (Å²) >= 11 is 0. The Morgan fingerprint density at radius 1 is 1.10 bits per heavy atom. The topological polar surface area (TPSA) is 169 Å². The first-order valence-electron chi connectivity index (χ1n) is 13.2. The summed E-state index contributed by atoms with van der Waals surface area (Å²) < 4.78 is 28.1. The number of cyclic esters (lactones) is 1. The average Bonchev–Trinajstić information content (AvgIpc) is 3.35. The molecule has 4 aliphatic rings. The second-order valence-electron chi connectivity index (χ2n) is 10.5. The average molecular weight is 557 g/mol. The molecular formula is C28H32N2O10. The number of carbonyl (C=O) groups excluding carboxylic acids is 2. The zero-order chi connectivity index (χ0) is 28.1. The molecule has 6 rings (SSSR count). The molecule has 0 aliphatic carbocycles. The molecule has 0 radical (unpaired) electrons. The van der Waals surface area contributed by atoms with Crippen LogP contribution >= 0.6 is 0 Å². The predicted molar refractivity (Wildman–Crippen MR) is 137 cm³/mol. The van der Waals surface area contributed by atoms with Gasteiger partial charge in [0.15, 0.2) is 6.29 Å². The highest BCUT2D eigenvalue weighted by atomic mass is 16.8. The highest BCUT2D eigenvalue weighted by Crippen LogP contribution is 2.43. The van der Waals surface area contributed by atoms with Crippen molar-refractivity contribution >= 4 is 22.8 Å². The van der Waals surface area contributed by atoms with E-state index in [1.807, 2.05) is 24.3 Å². The van der Waals surface area contributed by atoms with E-state index in [-0.39, 0.29) is 12.2 Å². The molecule has 10 atom stereocenters. The van der Waals surface area contributed by atoms with Crippen LogP contribution in [0.4, 0.5) is 0 Å². The van der Waals surface area contributed by atoms with E-state index >= 15 is 0 Å². The lowest BCUT2D eigenvalue weighted by Gasteiger charge is -2.44. The smallest absolute Gasteiger partial charge is 0.337 e. The van der Waals surface area contributed by atoms with Crippen molar-refractivity contribution < 1.29 is 48.6 Å². The number of aromatic nitrogens is 1. The Kier molecular flexibility index (Phi) is 7.15. The fourth-order valence-electron chi connectivity index (χ4n) is 6.20. The van der Waals surface area contributed by atoms with E-state index < -0.39 is 72.9 Å². The van der Waals surface area contributed by atoms with Crippen LogP contribution in [0.3, 0.4) is 0 Å². The van der Waals surface area contributed by atoms with Gasteiger partial charge in [0.25, 0.3) is 0 Å². The summed E-state index contributed by atoms with van der Waals surface area (Å²) in [5, 5.41) is 36.0. The van der Waals surface area contributed by atoms with Gasteiger partial charge in [-0.25, -0.2) is 4.79 Å². The molecule has 2 aromatic rings. The summed E-state index contributed by atoms with van der Waals surface area (Å²) in [5.41, 5.74) is 3.01. The number of benzene rings is 1. The molecule has 1 aromatic heterocycles. The number of hydrogen-bond acceptors (Lipinski definition) is 11. The summed E-state index contributed by atoms with van der Waals surface area (Å²) in [4.78, 5) is 29.7. The Morgan fingerprint density at radius 2 is 1.90 bits per heavy atom. The Hall–Kier alpha value is -3.26. The van der Waals surface area contributed by atoms with E-state index in [9.17, 15) is 24.9 Å². The minimum absolute atomic E-state index is 0.252. The zero-order valence-electron chi connectivity index (χ0n) is 21.8. The molecule has 1 aromatic carbocycles. The Bertz CT molecular complexity index is 1340. The van der Waals surface area contributed by atoms with Gasteiger partial charge in [0, 0.05) is 40.9 Å². The number of rotatable bonds is 2. The number of hydrogen-bond donors (Lipinski definition) is 5. The molecule has 4 aliphatic heterocycles. The van der Waals surface area contributed by atoms with Crippen LogP contribution in [0, 0.1) is 11.8 Å². The Labute approximate surface area is 229 Å². The first-order chi connectivity index (χ1) is 19.3. The normalized spacial score (nSPS) is 37.7. The van der Waals surface area contributed by atoms with E-state index in [0.717, 1.165) is 22.2 Å². The monoisotopic (exact) mass is 556 g/mol. The van der Waals surface area contributed by atoms with Crippen LogP contribution in [0.15, 0.2) is 48.8 Å². The minimum Gasteiger partial charge on any atom is -0.471 e. The second-order valence-corrected chi connectivity index (χ2v) is 10.5. The Balaban J connectivity index is 1.45. The van der Waals surface area contributed by atoms with E-state index in [2.05, 4.69) is 16.9 Å². The van der Waals surface area contributed by atoms with Gasteiger partial charge < -0.3 is 44.0 Å². The molecule has 12 heteroatoms. The van der Waals surface area contributed by atoms with Crippen molar-refractivity contribution in [3.63, 3.8) is 0 Å². The summed E-state index contributed by atoms with van der Waals surface area (Å²) in [6, 6.07) is 6.64. The Morgan fingerprint density at radius 3 is 2.67 bits per heavy atom. The number of esters is 2. The minimum atomic E-state index is -1.64. The van der Waals surface area contributed by atoms with E-state index in [1.165, 1.54) is 13.4 Å². The summed E-state index contributed by atoms with van der Waals surface area (Å²) in [7, 11) is 1.28. The maximum Gasteiger partial charge on any atom is 0.337 e. The first-order valence-corrected chi connectivity index (χ1v) is 13.2. The van der Waals surface area contributed by atoms with Crippen molar-refractivity contribution in [3.05, 3.63) is 60.0 Å². The number of carbonyl (C=O) groups is 2. The van der Waals surface area contributed by atoms with Crippen molar-refractivity contribution in [1.29, 1.82) is 0 Å². The van der Waals surface area contributed by atoms with Crippen molar-refractivity contribution in [3.8, 4) is 0 Å². The van der Waals surface area contributed by atoms with Gasteiger partial charge in [0.2, 0.25) is 6.29 Å². The molecular weight excluding hydrogens is 524 g/mol. The number of nitrogens with one attached hydrogen (secondary N) is 2. The maximum absolute atomic E-state index is 13.3. The third-order valence-electron chi connectivity index (χ3n) is 8.31. The molecule has 2 fully saturated rings. The molecule has 5 heterocycles. The maximum atomic E-state index is 13.3. The van der Waals surface area contributed by atoms with Crippen LogP contribution in [-0.4, -0.2) is 89.0 Å². The van der Waals surface area contributed by atoms with E-state index in [0.29, 0.717) is 12.8 Å². The van der Waals surface area contributed by atoms with E-state index in [1.54, 1.807) is 6.08 Å². The lowest BCUT2D eigenvalue weighted by Crippen LogP contribution is -2.61. The molecule has 0 spiro atoms. The van der Waals surface area contributed by atoms with E-state index in [4.69, 9.17) is 23.7 Å². The predicted octanol–water partition coefficient (Wildman–Crippen LogP) is 0.326. The third-order valence-corrected chi connectivity index (χ3v) is 8.31. The van der Waals surface area contributed by atoms with Crippen molar-refractivity contribution in [2.24, 2.45) is 11.8 Å². The number of aliphatic hydroxyl groups excluding tert-OH is 3. The molecule has 214 valence electrons. The summed E-state index contributed by atoms with van der Waals surface area (Å²) in [6.07, 6.45) is -4.94. The number of ether oxygens (including phenoxy) is 5. The largest absolute Gasteiger partial charge is 0.471 e. The van der Waals surface area contributed by atoms with Crippen molar-refractivity contribution in [2.75, 3.05) is 13.7 Å².